The van der Waals surface area contributed by atoms with Gasteiger partial charge in [-0.1, -0.05) is 6.07 Å². The quantitative estimate of drug-likeness (QED) is 0.511. The Kier molecular flexibility index (Phi) is 6.90. The zero-order valence-corrected chi connectivity index (χ0v) is 16.9. The van der Waals surface area contributed by atoms with E-state index < -0.39 is 0 Å². The fourth-order valence-electron chi connectivity index (χ4n) is 2.86. The number of aromatic nitrogens is 2. The van der Waals surface area contributed by atoms with Crippen molar-refractivity contribution in [2.45, 2.75) is 46.2 Å². The third-order valence-corrected chi connectivity index (χ3v) is 4.69. The maximum atomic E-state index is 14.4. The Morgan fingerprint density at radius 1 is 1.43 bits per heavy atom. The molecule has 0 aliphatic heterocycles. The molecule has 3 rings (SSSR count). The van der Waals surface area contributed by atoms with Gasteiger partial charge in [-0.2, -0.15) is 5.10 Å². The molecule has 7 heteroatoms. The van der Waals surface area contributed by atoms with E-state index >= 15 is 0 Å². The van der Waals surface area contributed by atoms with Gasteiger partial charge in [0, 0.05) is 12.7 Å². The van der Waals surface area contributed by atoms with Crippen molar-refractivity contribution in [1.29, 1.82) is 0 Å². The minimum atomic E-state index is -0.317. The fraction of sp³-hybridized carbons (Fsp3) is 0.524. The second-order valence-electron chi connectivity index (χ2n) is 7.35. The summed E-state index contributed by atoms with van der Waals surface area (Å²) in [5.74, 6) is 1.32. The second kappa shape index (κ2) is 9.57. The largest absolute Gasteiger partial charge is 0.490 e. The first-order valence-electron chi connectivity index (χ1n) is 10.0. The molecule has 1 atom stereocenters. The number of nitrogens with one attached hydrogen (secondary N) is 2. The van der Waals surface area contributed by atoms with Gasteiger partial charge in [0.2, 0.25) is 0 Å². The Morgan fingerprint density at radius 3 is 2.89 bits per heavy atom. The van der Waals surface area contributed by atoms with Crippen LogP contribution < -0.4 is 15.4 Å². The lowest BCUT2D eigenvalue weighted by molar-refractivity contribution is 0.285. The van der Waals surface area contributed by atoms with Crippen molar-refractivity contribution in [3.8, 4) is 5.75 Å². The minimum absolute atomic E-state index is 0.0864. The third kappa shape index (κ3) is 5.97. The van der Waals surface area contributed by atoms with Crippen molar-refractivity contribution >= 4 is 5.96 Å². The topological polar surface area (TPSA) is 63.5 Å². The van der Waals surface area contributed by atoms with Crippen LogP contribution in [0.25, 0.3) is 0 Å². The van der Waals surface area contributed by atoms with Crippen LogP contribution in [0.1, 0.15) is 43.9 Å². The Bertz CT molecular complexity index is 800. The minimum Gasteiger partial charge on any atom is -0.490 e. The number of aliphatic imine (C=N–C) groups is 1. The second-order valence-corrected chi connectivity index (χ2v) is 7.35. The normalized spacial score (nSPS) is 15.4. The number of hydrogen-bond acceptors (Lipinski definition) is 3. The van der Waals surface area contributed by atoms with Gasteiger partial charge in [-0.3, -0.25) is 9.67 Å². The van der Waals surface area contributed by atoms with Crippen molar-refractivity contribution in [1.82, 2.24) is 20.4 Å². The van der Waals surface area contributed by atoms with E-state index in [-0.39, 0.29) is 11.9 Å². The first kappa shape index (κ1) is 20.2. The molecule has 0 amide bonds. The van der Waals surface area contributed by atoms with Crippen LogP contribution in [-0.4, -0.2) is 35.4 Å². The average Bonchev–Trinajstić information content (AvgIpc) is 3.41. The Labute approximate surface area is 166 Å². The molecule has 2 aromatic rings. The molecule has 1 heterocycles. The lowest BCUT2D eigenvalue weighted by atomic mass is 10.1. The number of rotatable bonds is 9. The molecule has 1 aliphatic carbocycles. The van der Waals surface area contributed by atoms with E-state index in [4.69, 9.17) is 4.74 Å². The van der Waals surface area contributed by atoms with Gasteiger partial charge < -0.3 is 15.4 Å². The molecule has 152 valence electrons. The van der Waals surface area contributed by atoms with Crippen molar-refractivity contribution in [2.24, 2.45) is 10.9 Å². The summed E-state index contributed by atoms with van der Waals surface area (Å²) in [4.78, 5) is 4.59. The van der Waals surface area contributed by atoms with E-state index in [1.54, 1.807) is 6.07 Å². The van der Waals surface area contributed by atoms with Crippen LogP contribution in [-0.2, 0) is 6.54 Å². The predicted octanol–water partition coefficient (Wildman–Crippen LogP) is 3.44. The fourth-order valence-corrected chi connectivity index (χ4v) is 2.86. The lowest BCUT2D eigenvalue weighted by Crippen LogP contribution is -2.39. The molecule has 6 nitrogen and oxygen atoms in total. The van der Waals surface area contributed by atoms with E-state index in [2.05, 4.69) is 20.7 Å². The number of guanidine groups is 1. The summed E-state index contributed by atoms with van der Waals surface area (Å²) in [5, 5.41) is 10.8. The van der Waals surface area contributed by atoms with Crippen LogP contribution in [0.3, 0.4) is 0 Å². The van der Waals surface area contributed by atoms with E-state index in [9.17, 15) is 4.39 Å². The molecular formula is C21H30FN5O. The van der Waals surface area contributed by atoms with E-state index in [1.807, 2.05) is 43.9 Å². The molecule has 0 bridgehead atoms. The van der Waals surface area contributed by atoms with Crippen molar-refractivity contribution in [3.63, 3.8) is 0 Å². The maximum Gasteiger partial charge on any atom is 0.191 e. The number of halogens is 1. The average molecular weight is 388 g/mol. The smallest absolute Gasteiger partial charge is 0.191 e. The van der Waals surface area contributed by atoms with Crippen LogP contribution in [0.5, 0.6) is 5.75 Å². The highest BCUT2D eigenvalue weighted by Crippen LogP contribution is 2.30. The van der Waals surface area contributed by atoms with E-state index in [0.29, 0.717) is 37.3 Å². The number of nitrogens with zero attached hydrogens (tertiary/aromatic N) is 3. The van der Waals surface area contributed by atoms with Crippen LogP contribution in [0.4, 0.5) is 4.39 Å². The molecule has 1 aromatic carbocycles. The van der Waals surface area contributed by atoms with Gasteiger partial charge in [0.1, 0.15) is 0 Å². The predicted molar refractivity (Wildman–Crippen MR) is 109 cm³/mol. The highest BCUT2D eigenvalue weighted by molar-refractivity contribution is 5.80. The first-order chi connectivity index (χ1) is 13.5. The third-order valence-electron chi connectivity index (χ3n) is 4.69. The maximum absolute atomic E-state index is 14.4. The molecule has 0 radical (unpaired) electrons. The zero-order valence-electron chi connectivity index (χ0n) is 16.9. The number of hydrogen-bond donors (Lipinski definition) is 2. The van der Waals surface area contributed by atoms with Gasteiger partial charge in [-0.25, -0.2) is 4.39 Å². The van der Waals surface area contributed by atoms with Gasteiger partial charge in [-0.15, -0.1) is 0 Å². The molecule has 2 N–H and O–H groups in total. The Balaban J connectivity index is 1.56. The Hall–Kier alpha value is -2.57. The molecule has 0 spiro atoms. The molecule has 1 unspecified atom stereocenters. The molecule has 1 fully saturated rings. The van der Waals surface area contributed by atoms with Gasteiger partial charge >= 0.3 is 0 Å². The van der Waals surface area contributed by atoms with E-state index in [0.717, 1.165) is 17.7 Å². The standard InChI is InChI=1S/C21H30FN5O/c1-4-23-21(24-9-10-27-13-15(2)12-25-27)26-16(3)18-7-8-20(19(22)11-18)28-14-17-5-6-17/h7-8,11-13,16-17H,4-6,9-10,14H2,1-3H3,(H2,23,24,26). The highest BCUT2D eigenvalue weighted by atomic mass is 19.1. The molecule has 1 aliphatic rings. The van der Waals surface area contributed by atoms with Gasteiger partial charge in [-0.05, 0) is 62.8 Å². The van der Waals surface area contributed by atoms with Gasteiger partial charge in [0.25, 0.3) is 0 Å². The van der Waals surface area contributed by atoms with Crippen molar-refractivity contribution in [2.75, 3.05) is 19.7 Å². The summed E-state index contributed by atoms with van der Waals surface area (Å²) in [6, 6.07) is 5.07. The van der Waals surface area contributed by atoms with Crippen molar-refractivity contribution < 1.29 is 9.13 Å². The van der Waals surface area contributed by atoms with Crippen LogP contribution in [0, 0.1) is 18.7 Å². The van der Waals surface area contributed by atoms with Crippen molar-refractivity contribution in [3.05, 3.63) is 47.5 Å². The summed E-state index contributed by atoms with van der Waals surface area (Å²) in [7, 11) is 0. The number of aryl methyl sites for hydroxylation is 1. The van der Waals surface area contributed by atoms with Crippen LogP contribution >= 0.6 is 0 Å². The molecule has 28 heavy (non-hydrogen) atoms. The summed E-state index contributed by atoms with van der Waals surface area (Å²) in [5.41, 5.74) is 1.98. The van der Waals surface area contributed by atoms with Crippen LogP contribution in [0.15, 0.2) is 35.6 Å². The zero-order chi connectivity index (χ0) is 19.9. The lowest BCUT2D eigenvalue weighted by Gasteiger charge is -2.19. The summed E-state index contributed by atoms with van der Waals surface area (Å²) in [6.45, 7) is 8.69. The summed E-state index contributed by atoms with van der Waals surface area (Å²) >= 11 is 0. The highest BCUT2D eigenvalue weighted by Gasteiger charge is 2.22. The molecule has 1 saturated carbocycles. The molecular weight excluding hydrogens is 357 g/mol. The van der Waals surface area contributed by atoms with Gasteiger partial charge in [0.15, 0.2) is 17.5 Å². The SMILES string of the molecule is CCNC(=NCCn1cc(C)cn1)NC(C)c1ccc(OCC2CC2)c(F)c1. The first-order valence-corrected chi connectivity index (χ1v) is 10.0. The number of benzene rings is 1. The molecule has 1 aromatic heterocycles. The van der Waals surface area contributed by atoms with Crippen LogP contribution in [0.2, 0.25) is 0 Å². The number of ether oxygens (including phenoxy) is 1. The summed E-state index contributed by atoms with van der Waals surface area (Å²) in [6.07, 6.45) is 6.20. The monoisotopic (exact) mass is 387 g/mol. The summed E-state index contributed by atoms with van der Waals surface area (Å²) < 4.78 is 21.8. The van der Waals surface area contributed by atoms with Gasteiger partial charge in [0.05, 0.1) is 31.9 Å². The van der Waals surface area contributed by atoms with E-state index in [1.165, 1.54) is 18.9 Å². The Morgan fingerprint density at radius 2 is 2.25 bits per heavy atom. The molecule has 0 saturated heterocycles.